The first kappa shape index (κ1) is 18.0. The quantitative estimate of drug-likeness (QED) is 0.332. The first-order valence-corrected chi connectivity index (χ1v) is 7.69. The van der Waals surface area contributed by atoms with E-state index in [4.69, 9.17) is 23.4 Å². The third-order valence-electron chi connectivity index (χ3n) is 1.90. The van der Waals surface area contributed by atoms with Gasteiger partial charge in [-0.25, -0.2) is 0 Å². The van der Waals surface area contributed by atoms with E-state index in [1.807, 2.05) is 6.92 Å². The Morgan fingerprint density at radius 1 is 0.611 bits per heavy atom. The van der Waals surface area contributed by atoms with Crippen LogP contribution < -0.4 is 0 Å². The molecule has 5 nitrogen and oxygen atoms in total. The van der Waals surface area contributed by atoms with Crippen molar-refractivity contribution in [1.82, 2.24) is 0 Å². The van der Waals surface area contributed by atoms with E-state index in [0.29, 0.717) is 62.6 Å². The molecule has 0 aromatic rings. The van der Waals surface area contributed by atoms with Crippen molar-refractivity contribution in [2.24, 2.45) is 0 Å². The fourth-order valence-corrected chi connectivity index (χ4v) is 1.51. The summed E-state index contributed by atoms with van der Waals surface area (Å²) >= 11 is 0. The van der Waals surface area contributed by atoms with Crippen LogP contribution in [0.1, 0.15) is 13.8 Å². The minimum atomic E-state index is 0.588. The van der Waals surface area contributed by atoms with Crippen molar-refractivity contribution < 1.29 is 23.4 Å². The molecule has 0 aromatic heterocycles. The predicted octanol–water partition coefficient (Wildman–Crippen LogP) is 1.15. The van der Waals surface area contributed by atoms with Gasteiger partial charge in [0.1, 0.15) is 0 Å². The summed E-state index contributed by atoms with van der Waals surface area (Å²) in [5, 5.41) is 0. The van der Waals surface area contributed by atoms with Crippen molar-refractivity contribution >= 4 is 9.76 Å². The molecule has 0 N–H and O–H groups in total. The fraction of sp³-hybridized carbons (Fsp3) is 1.00. The molecule has 6 heteroatoms. The van der Waals surface area contributed by atoms with E-state index in [0.717, 1.165) is 12.7 Å². The molecule has 0 aliphatic heterocycles. The highest BCUT2D eigenvalue weighted by Gasteiger charge is 1.92. The second kappa shape index (κ2) is 17.0. The zero-order chi connectivity index (χ0) is 13.3. The molecule has 0 saturated heterocycles. The van der Waals surface area contributed by atoms with Gasteiger partial charge in [-0.15, -0.1) is 0 Å². The normalized spacial score (nSPS) is 11.0. The molecule has 0 rings (SSSR count). The second-order valence-corrected chi connectivity index (χ2v) is 4.66. The fourth-order valence-electron chi connectivity index (χ4n) is 1.08. The van der Waals surface area contributed by atoms with Gasteiger partial charge in [0.2, 0.25) is 9.76 Å². The summed E-state index contributed by atoms with van der Waals surface area (Å²) in [7, 11) is 0.588. The lowest BCUT2D eigenvalue weighted by atomic mass is 10.7. The summed E-state index contributed by atoms with van der Waals surface area (Å²) in [5.41, 5.74) is 0. The van der Waals surface area contributed by atoms with Gasteiger partial charge in [-0.3, -0.25) is 0 Å². The molecule has 0 unspecified atom stereocenters. The molecular formula is C12H26O5Si. The van der Waals surface area contributed by atoms with Crippen molar-refractivity contribution in [3.8, 4) is 0 Å². The van der Waals surface area contributed by atoms with Gasteiger partial charge in [-0.05, 0) is 13.0 Å². The molecule has 0 heterocycles. The van der Waals surface area contributed by atoms with Crippen LogP contribution in [0.2, 0.25) is 6.04 Å². The van der Waals surface area contributed by atoms with E-state index in [2.05, 4.69) is 6.92 Å². The Morgan fingerprint density at radius 2 is 1.06 bits per heavy atom. The lowest BCUT2D eigenvalue weighted by Crippen LogP contribution is -2.13. The summed E-state index contributed by atoms with van der Waals surface area (Å²) in [6.45, 7) is 9.81. The van der Waals surface area contributed by atoms with E-state index in [9.17, 15) is 0 Å². The van der Waals surface area contributed by atoms with E-state index >= 15 is 0 Å². The van der Waals surface area contributed by atoms with Gasteiger partial charge < -0.3 is 23.4 Å². The maximum absolute atomic E-state index is 5.34. The molecule has 18 heavy (non-hydrogen) atoms. The van der Waals surface area contributed by atoms with Crippen LogP contribution in [0.15, 0.2) is 0 Å². The molecule has 0 saturated carbocycles. The van der Waals surface area contributed by atoms with Crippen LogP contribution in [0.3, 0.4) is 0 Å². The molecule has 108 valence electrons. The van der Waals surface area contributed by atoms with Gasteiger partial charge in [-0.1, -0.05) is 6.92 Å². The van der Waals surface area contributed by atoms with E-state index in [1.54, 1.807) is 0 Å². The highest BCUT2D eigenvalue weighted by molar-refractivity contribution is 6.26. The van der Waals surface area contributed by atoms with Gasteiger partial charge in [0.05, 0.1) is 52.9 Å². The van der Waals surface area contributed by atoms with E-state index in [1.165, 1.54) is 0 Å². The van der Waals surface area contributed by atoms with Crippen LogP contribution in [0, 0.1) is 0 Å². The van der Waals surface area contributed by atoms with Crippen molar-refractivity contribution in [3.05, 3.63) is 0 Å². The maximum atomic E-state index is 5.34. The van der Waals surface area contributed by atoms with E-state index < -0.39 is 0 Å². The molecule has 0 fully saturated rings. The zero-order valence-electron chi connectivity index (χ0n) is 11.6. The minimum Gasteiger partial charge on any atom is -0.415 e. The lowest BCUT2D eigenvalue weighted by molar-refractivity contribution is -0.00334. The zero-order valence-corrected chi connectivity index (χ0v) is 12.6. The van der Waals surface area contributed by atoms with Crippen LogP contribution in [0.25, 0.3) is 0 Å². The van der Waals surface area contributed by atoms with Crippen LogP contribution >= 0.6 is 0 Å². The highest BCUT2D eigenvalue weighted by atomic mass is 28.2. The number of hydrogen-bond donors (Lipinski definition) is 0. The van der Waals surface area contributed by atoms with Gasteiger partial charge in [-0.2, -0.15) is 0 Å². The average Bonchev–Trinajstić information content (AvgIpc) is 2.39. The SMILES string of the molecule is CCOCCOCCOCCOCCO[Si]CC. The Labute approximate surface area is 113 Å². The van der Waals surface area contributed by atoms with Gasteiger partial charge in [0, 0.05) is 6.61 Å². The summed E-state index contributed by atoms with van der Waals surface area (Å²) in [6, 6.07) is 1.08. The smallest absolute Gasteiger partial charge is 0.229 e. The van der Waals surface area contributed by atoms with Crippen LogP contribution in [0.5, 0.6) is 0 Å². The Balaban J connectivity index is 2.86. The number of hydrogen-bond acceptors (Lipinski definition) is 5. The van der Waals surface area contributed by atoms with Crippen molar-refractivity contribution in [3.63, 3.8) is 0 Å². The van der Waals surface area contributed by atoms with Crippen LogP contribution in [-0.4, -0.2) is 69.2 Å². The summed E-state index contributed by atoms with van der Waals surface area (Å²) < 4.78 is 26.4. The number of rotatable bonds is 15. The van der Waals surface area contributed by atoms with Crippen molar-refractivity contribution in [2.45, 2.75) is 19.9 Å². The third kappa shape index (κ3) is 16.0. The Morgan fingerprint density at radius 3 is 1.50 bits per heavy atom. The molecule has 0 amide bonds. The highest BCUT2D eigenvalue weighted by Crippen LogP contribution is 1.83. The second-order valence-electron chi connectivity index (χ2n) is 3.38. The molecule has 2 radical (unpaired) electrons. The molecule has 0 aliphatic rings. The average molecular weight is 278 g/mol. The van der Waals surface area contributed by atoms with Gasteiger partial charge in [0.15, 0.2) is 0 Å². The van der Waals surface area contributed by atoms with E-state index in [-0.39, 0.29) is 0 Å². The largest absolute Gasteiger partial charge is 0.415 e. The monoisotopic (exact) mass is 278 g/mol. The summed E-state index contributed by atoms with van der Waals surface area (Å²) in [4.78, 5) is 0. The van der Waals surface area contributed by atoms with Crippen LogP contribution in [-0.2, 0) is 23.4 Å². The molecular weight excluding hydrogens is 252 g/mol. The Kier molecular flexibility index (Phi) is 17.0. The molecule has 0 aromatic carbocycles. The van der Waals surface area contributed by atoms with Crippen molar-refractivity contribution in [2.75, 3.05) is 59.5 Å². The minimum absolute atomic E-state index is 0.588. The molecule has 0 aliphatic carbocycles. The molecule has 0 spiro atoms. The maximum Gasteiger partial charge on any atom is 0.229 e. The Bertz CT molecular complexity index is 132. The van der Waals surface area contributed by atoms with Crippen molar-refractivity contribution in [1.29, 1.82) is 0 Å². The first-order chi connectivity index (χ1) is 8.91. The molecule has 0 atom stereocenters. The summed E-state index contributed by atoms with van der Waals surface area (Å²) in [5.74, 6) is 0. The van der Waals surface area contributed by atoms with Gasteiger partial charge >= 0.3 is 0 Å². The summed E-state index contributed by atoms with van der Waals surface area (Å²) in [6.07, 6.45) is 0. The molecule has 0 bridgehead atoms. The lowest BCUT2D eigenvalue weighted by Gasteiger charge is -2.07. The third-order valence-corrected chi connectivity index (χ3v) is 2.59. The van der Waals surface area contributed by atoms with Crippen LogP contribution in [0.4, 0.5) is 0 Å². The standard InChI is InChI=1S/C12H26O5Si/c1-3-13-5-6-14-7-8-15-9-10-16-11-12-17-18-4-2/h3-12H2,1-2H3. The number of ether oxygens (including phenoxy) is 4. The van der Waals surface area contributed by atoms with Gasteiger partial charge in [0.25, 0.3) is 0 Å². The predicted molar refractivity (Wildman–Crippen MR) is 71.1 cm³/mol. The first-order valence-electron chi connectivity index (χ1n) is 6.57. The topological polar surface area (TPSA) is 46.2 Å². The Hall–Kier alpha value is 0.0169.